The lowest BCUT2D eigenvalue weighted by molar-refractivity contribution is -0.152. The minimum atomic E-state index is -1.27. The van der Waals surface area contributed by atoms with Gasteiger partial charge in [0.25, 0.3) is 0 Å². The van der Waals surface area contributed by atoms with Crippen molar-refractivity contribution in [2.24, 2.45) is 0 Å². The van der Waals surface area contributed by atoms with Gasteiger partial charge in [-0.05, 0) is 55.7 Å². The summed E-state index contributed by atoms with van der Waals surface area (Å²) in [6.07, 6.45) is -0.0232. The largest absolute Gasteiger partial charge is 0.507 e. The van der Waals surface area contributed by atoms with Crippen LogP contribution in [0.3, 0.4) is 0 Å². The van der Waals surface area contributed by atoms with Crippen LogP contribution in [0.4, 0.5) is 0 Å². The van der Waals surface area contributed by atoms with E-state index in [9.17, 15) is 20.1 Å². The molecule has 0 bridgehead atoms. The Hall–Kier alpha value is -2.11. The first-order valence-electron chi connectivity index (χ1n) is 8.54. The molecule has 0 fully saturated rings. The second kappa shape index (κ2) is 10.8. The number of hydrogen-bond donors (Lipinski definition) is 3. The SMILES string of the molecule is CCOC(=O)[C@H](O)CC(=C=CC[C@@H](O)c1cc(C)c(O)c(C)c1)COC. The van der Waals surface area contributed by atoms with Gasteiger partial charge in [0, 0.05) is 25.5 Å². The monoisotopic (exact) mass is 364 g/mol. The fourth-order valence-electron chi connectivity index (χ4n) is 2.52. The molecule has 6 nitrogen and oxygen atoms in total. The number of hydrogen-bond acceptors (Lipinski definition) is 6. The standard InChI is InChI=1S/C20H28O6/c1-5-26-20(24)18(22)11-15(12-25-4)7-6-8-17(21)16-9-13(2)19(23)14(3)10-16/h6,9-10,17-18,21-23H,5,8,11-12H2,1-4H3/t7?,17-,18-/m1/s1. The Morgan fingerprint density at radius 1 is 1.27 bits per heavy atom. The number of phenols is 1. The number of carbonyl (C=O) groups is 1. The van der Waals surface area contributed by atoms with Crippen LogP contribution in [0.1, 0.15) is 42.6 Å². The maximum atomic E-state index is 11.5. The van der Waals surface area contributed by atoms with Crippen molar-refractivity contribution in [1.29, 1.82) is 0 Å². The third-order valence-electron chi connectivity index (χ3n) is 3.86. The van der Waals surface area contributed by atoms with Crippen molar-refractivity contribution < 1.29 is 29.6 Å². The second-order valence-electron chi connectivity index (χ2n) is 6.11. The quantitative estimate of drug-likeness (QED) is 0.460. The molecule has 0 aliphatic heterocycles. The third-order valence-corrected chi connectivity index (χ3v) is 3.86. The lowest BCUT2D eigenvalue weighted by Gasteiger charge is -2.12. The van der Waals surface area contributed by atoms with Crippen LogP contribution in [-0.2, 0) is 14.3 Å². The number of aryl methyl sites for hydroxylation is 2. The Kier molecular flexibility index (Phi) is 9.10. The number of methoxy groups -OCH3 is 1. The highest BCUT2D eigenvalue weighted by molar-refractivity contribution is 5.74. The van der Waals surface area contributed by atoms with Gasteiger partial charge in [0.2, 0.25) is 0 Å². The summed E-state index contributed by atoms with van der Waals surface area (Å²) in [5.41, 5.74) is 5.69. The van der Waals surface area contributed by atoms with Gasteiger partial charge in [0.1, 0.15) is 5.75 Å². The van der Waals surface area contributed by atoms with Gasteiger partial charge in [-0.25, -0.2) is 4.79 Å². The van der Waals surface area contributed by atoms with Crippen LogP contribution in [0, 0.1) is 13.8 Å². The average molecular weight is 364 g/mol. The molecule has 26 heavy (non-hydrogen) atoms. The molecule has 0 saturated carbocycles. The molecular weight excluding hydrogens is 336 g/mol. The molecule has 0 amide bonds. The van der Waals surface area contributed by atoms with Crippen molar-refractivity contribution in [2.45, 2.75) is 45.8 Å². The Labute approximate surface area is 154 Å². The first kappa shape index (κ1) is 21.9. The molecule has 0 aliphatic carbocycles. The maximum Gasteiger partial charge on any atom is 0.335 e. The number of aliphatic hydroxyl groups is 2. The van der Waals surface area contributed by atoms with E-state index in [-0.39, 0.29) is 25.4 Å². The zero-order valence-electron chi connectivity index (χ0n) is 15.8. The van der Waals surface area contributed by atoms with E-state index in [0.29, 0.717) is 28.7 Å². The molecule has 2 atom stereocenters. The molecule has 0 heterocycles. The molecule has 1 aromatic rings. The molecule has 0 unspecified atom stereocenters. The normalized spacial score (nSPS) is 12.8. The number of carbonyl (C=O) groups excluding carboxylic acids is 1. The van der Waals surface area contributed by atoms with Crippen molar-refractivity contribution in [3.05, 3.63) is 46.2 Å². The van der Waals surface area contributed by atoms with Crippen molar-refractivity contribution in [3.8, 4) is 5.75 Å². The molecule has 0 spiro atoms. The Morgan fingerprint density at radius 2 is 1.88 bits per heavy atom. The first-order valence-corrected chi connectivity index (χ1v) is 8.54. The Balaban J connectivity index is 2.83. The van der Waals surface area contributed by atoms with Crippen LogP contribution >= 0.6 is 0 Å². The summed E-state index contributed by atoms with van der Waals surface area (Å²) < 4.78 is 9.83. The molecule has 0 saturated heterocycles. The molecular formula is C20H28O6. The summed E-state index contributed by atoms with van der Waals surface area (Å²) >= 11 is 0. The molecule has 1 aromatic carbocycles. The fraction of sp³-hybridized carbons (Fsp3) is 0.500. The van der Waals surface area contributed by atoms with Crippen LogP contribution < -0.4 is 0 Å². The first-order chi connectivity index (χ1) is 12.3. The van der Waals surface area contributed by atoms with Gasteiger partial charge in [-0.3, -0.25) is 0 Å². The van der Waals surface area contributed by atoms with Crippen LogP contribution in [0.25, 0.3) is 0 Å². The molecule has 0 aromatic heterocycles. The zero-order valence-corrected chi connectivity index (χ0v) is 15.8. The van der Waals surface area contributed by atoms with Crippen LogP contribution in [0.5, 0.6) is 5.75 Å². The van der Waals surface area contributed by atoms with Crippen molar-refractivity contribution >= 4 is 5.97 Å². The minimum absolute atomic E-state index is 0.0523. The van der Waals surface area contributed by atoms with Crippen LogP contribution in [-0.4, -0.2) is 47.7 Å². The second-order valence-corrected chi connectivity index (χ2v) is 6.11. The maximum absolute atomic E-state index is 11.5. The number of benzene rings is 1. The highest BCUT2D eigenvalue weighted by Crippen LogP contribution is 2.27. The van der Waals surface area contributed by atoms with E-state index < -0.39 is 18.2 Å². The van der Waals surface area contributed by atoms with Gasteiger partial charge in [-0.1, -0.05) is 0 Å². The fourth-order valence-corrected chi connectivity index (χ4v) is 2.52. The Morgan fingerprint density at radius 3 is 2.42 bits per heavy atom. The Bertz CT molecular complexity index is 650. The summed E-state index contributed by atoms with van der Waals surface area (Å²) in [6.45, 7) is 5.64. The topological polar surface area (TPSA) is 96.2 Å². The summed E-state index contributed by atoms with van der Waals surface area (Å²) in [5, 5.41) is 30.0. The van der Waals surface area contributed by atoms with E-state index in [1.54, 1.807) is 39.0 Å². The van der Waals surface area contributed by atoms with E-state index >= 15 is 0 Å². The number of aliphatic hydroxyl groups excluding tert-OH is 2. The minimum Gasteiger partial charge on any atom is -0.507 e. The predicted octanol–water partition coefficient (Wildman–Crippen LogP) is 2.47. The van der Waals surface area contributed by atoms with Gasteiger partial charge >= 0.3 is 5.97 Å². The summed E-state index contributed by atoms with van der Waals surface area (Å²) in [7, 11) is 1.51. The molecule has 144 valence electrons. The lowest BCUT2D eigenvalue weighted by atomic mass is 10.00. The van der Waals surface area contributed by atoms with E-state index in [4.69, 9.17) is 9.47 Å². The molecule has 3 N–H and O–H groups in total. The molecule has 0 aliphatic rings. The van der Waals surface area contributed by atoms with Crippen molar-refractivity contribution in [2.75, 3.05) is 20.3 Å². The van der Waals surface area contributed by atoms with Gasteiger partial charge in [-0.2, -0.15) is 0 Å². The third kappa shape index (κ3) is 6.65. The van der Waals surface area contributed by atoms with E-state index in [1.165, 1.54) is 7.11 Å². The number of esters is 1. The lowest BCUT2D eigenvalue weighted by Crippen LogP contribution is -2.24. The predicted molar refractivity (Wildman–Crippen MR) is 97.9 cm³/mol. The van der Waals surface area contributed by atoms with Gasteiger partial charge in [-0.15, -0.1) is 5.73 Å². The van der Waals surface area contributed by atoms with Crippen LogP contribution in [0.2, 0.25) is 0 Å². The molecule has 1 rings (SSSR count). The van der Waals surface area contributed by atoms with Crippen molar-refractivity contribution in [1.82, 2.24) is 0 Å². The van der Waals surface area contributed by atoms with E-state index in [1.807, 2.05) is 0 Å². The average Bonchev–Trinajstić information content (AvgIpc) is 2.59. The number of ether oxygens (including phenoxy) is 2. The van der Waals surface area contributed by atoms with Gasteiger partial charge in [0.05, 0.1) is 19.3 Å². The van der Waals surface area contributed by atoms with E-state index in [0.717, 1.165) is 0 Å². The number of aromatic hydroxyl groups is 1. The summed E-state index contributed by atoms with van der Waals surface area (Å²) in [5.74, 6) is -0.454. The number of phenolic OH excluding ortho intramolecular Hbond substituents is 1. The number of rotatable bonds is 9. The summed E-state index contributed by atoms with van der Waals surface area (Å²) in [4.78, 5) is 11.5. The van der Waals surface area contributed by atoms with E-state index in [2.05, 4.69) is 5.73 Å². The van der Waals surface area contributed by atoms with Crippen LogP contribution in [0.15, 0.2) is 29.5 Å². The zero-order chi connectivity index (χ0) is 19.7. The highest BCUT2D eigenvalue weighted by atomic mass is 16.5. The highest BCUT2D eigenvalue weighted by Gasteiger charge is 2.18. The smallest absolute Gasteiger partial charge is 0.335 e. The molecule has 6 heteroatoms. The summed E-state index contributed by atoms with van der Waals surface area (Å²) in [6, 6.07) is 3.48. The van der Waals surface area contributed by atoms with Gasteiger partial charge < -0.3 is 24.8 Å². The van der Waals surface area contributed by atoms with Gasteiger partial charge in [0.15, 0.2) is 6.10 Å². The molecule has 0 radical (unpaired) electrons. The van der Waals surface area contributed by atoms with Crippen molar-refractivity contribution in [3.63, 3.8) is 0 Å².